The summed E-state index contributed by atoms with van der Waals surface area (Å²) in [6.45, 7) is 0. The van der Waals surface area contributed by atoms with Gasteiger partial charge in [0.1, 0.15) is 12.0 Å². The second kappa shape index (κ2) is 16.3. The van der Waals surface area contributed by atoms with E-state index in [0.29, 0.717) is 47.7 Å². The molecule has 3 aliphatic heterocycles. The fourth-order valence-electron chi connectivity index (χ4n) is 14.6. The van der Waals surface area contributed by atoms with Crippen molar-refractivity contribution < 1.29 is 0 Å². The Labute approximate surface area is 411 Å². The van der Waals surface area contributed by atoms with E-state index in [2.05, 4.69) is 233 Å². The highest BCUT2D eigenvalue weighted by atomic mass is 15.3. The molecule has 0 amide bonds. The SMILES string of the molecule is C1=CCC(C2NC(c3cccc4c3C=CCC4N3C4=CC5=CC=CC(N6C7C=CC=CC7C7C=C8C=CC=CC8CC76)C5CC4c4ccccc43)=NC(c3ccc4c(ccc5ccccc54)c3)N2)C=C1. The molecule has 70 heavy (non-hydrogen) atoms. The standard InChI is InChI=1S/C65H57N5/c1-2-16-41(17-3-1)63-66-64(46-33-34-48-45(35-46)32-31-40-15-6-7-21-47(40)48)68-65(67-63)53-26-13-25-50-49(53)24-14-30-59(50)69-58-28-11-9-23-52(58)56-39-54-44(38-62(56)69)20-12-29-60(54)70-57-27-10-8-22-51(57)55-36-42-18-4-5-19-43(42)37-61(55)70/h1-16,18-29,31-36,38,41,43,51,54-57,59-61,63-64,66H,17,30,37,39H2,(H,67,68). The van der Waals surface area contributed by atoms with Gasteiger partial charge in [0.25, 0.3) is 0 Å². The van der Waals surface area contributed by atoms with Crippen LogP contribution in [0.5, 0.6) is 0 Å². The van der Waals surface area contributed by atoms with E-state index in [0.717, 1.165) is 25.1 Å². The number of nitrogens with one attached hydrogen (secondary N) is 2. The van der Waals surface area contributed by atoms with Gasteiger partial charge >= 0.3 is 0 Å². The second-order valence-electron chi connectivity index (χ2n) is 21.2. The van der Waals surface area contributed by atoms with Crippen LogP contribution in [0, 0.1) is 29.6 Å². The second-order valence-corrected chi connectivity index (χ2v) is 21.2. The topological polar surface area (TPSA) is 42.9 Å². The number of hydrogen-bond acceptors (Lipinski definition) is 5. The molecule has 5 heteroatoms. The molecule has 0 bridgehead atoms. The minimum absolute atomic E-state index is 0.00894. The molecule has 1 fully saturated rings. The van der Waals surface area contributed by atoms with E-state index in [1.807, 2.05) is 0 Å². The molecule has 0 spiro atoms. The lowest BCUT2D eigenvalue weighted by Crippen LogP contribution is -2.54. The molecule has 3 heterocycles. The van der Waals surface area contributed by atoms with Crippen LogP contribution < -0.4 is 15.5 Å². The van der Waals surface area contributed by atoms with Crippen molar-refractivity contribution in [3.63, 3.8) is 0 Å². The molecule has 2 N–H and O–H groups in total. The minimum Gasteiger partial charge on any atom is -0.354 e. The van der Waals surface area contributed by atoms with Crippen LogP contribution in [-0.4, -0.2) is 35.0 Å². The lowest BCUT2D eigenvalue weighted by atomic mass is 9.72. The Balaban J connectivity index is 0.785. The van der Waals surface area contributed by atoms with E-state index in [9.17, 15) is 0 Å². The Hall–Kier alpha value is -7.05. The van der Waals surface area contributed by atoms with Gasteiger partial charge in [-0.25, -0.2) is 4.99 Å². The highest BCUT2D eigenvalue weighted by molar-refractivity contribution is 6.08. The van der Waals surface area contributed by atoms with Gasteiger partial charge in [-0.3, -0.25) is 10.2 Å². The van der Waals surface area contributed by atoms with Crippen molar-refractivity contribution in [3.05, 3.63) is 251 Å². The largest absolute Gasteiger partial charge is 0.354 e. The van der Waals surface area contributed by atoms with Crippen molar-refractivity contribution in [2.24, 2.45) is 34.6 Å². The summed E-state index contributed by atoms with van der Waals surface area (Å²) < 4.78 is 0. The molecule has 12 atom stereocenters. The average Bonchev–Trinajstić information content (AvgIpc) is 3.92. The third-order valence-electron chi connectivity index (χ3n) is 17.7. The molecule has 15 rings (SSSR count). The van der Waals surface area contributed by atoms with Crippen LogP contribution in [0.3, 0.4) is 0 Å². The fourth-order valence-corrected chi connectivity index (χ4v) is 14.6. The van der Waals surface area contributed by atoms with Crippen LogP contribution in [-0.2, 0) is 0 Å². The summed E-state index contributed by atoms with van der Waals surface area (Å²) in [4.78, 5) is 11.3. The zero-order chi connectivity index (χ0) is 45.9. The first-order valence-corrected chi connectivity index (χ1v) is 26.0. The van der Waals surface area contributed by atoms with Gasteiger partial charge < -0.3 is 10.2 Å². The van der Waals surface area contributed by atoms with Gasteiger partial charge in [0, 0.05) is 70.6 Å². The summed E-state index contributed by atoms with van der Waals surface area (Å²) in [5, 5.41) is 13.0. The molecule has 12 unspecified atom stereocenters. The number of nitrogens with zero attached hydrogens (tertiary/aromatic N) is 3. The van der Waals surface area contributed by atoms with Crippen LogP contribution in [0.1, 0.15) is 71.6 Å². The van der Waals surface area contributed by atoms with E-state index < -0.39 is 0 Å². The number of amidine groups is 1. The van der Waals surface area contributed by atoms with Crippen molar-refractivity contribution in [1.29, 1.82) is 0 Å². The summed E-state index contributed by atoms with van der Waals surface area (Å²) in [5.41, 5.74) is 12.3. The first-order valence-electron chi connectivity index (χ1n) is 26.0. The summed E-state index contributed by atoms with van der Waals surface area (Å²) >= 11 is 0. The van der Waals surface area contributed by atoms with Gasteiger partial charge in [-0.05, 0) is 98.8 Å². The third-order valence-corrected chi connectivity index (χ3v) is 17.7. The number of anilines is 1. The summed E-state index contributed by atoms with van der Waals surface area (Å²) in [6.07, 6.45) is 49.4. The van der Waals surface area contributed by atoms with Gasteiger partial charge in [0.05, 0.1) is 12.2 Å². The molecule has 7 aliphatic carbocycles. The monoisotopic (exact) mass is 907 g/mol. The van der Waals surface area contributed by atoms with Crippen molar-refractivity contribution >= 4 is 39.1 Å². The Morgan fingerprint density at radius 1 is 0.629 bits per heavy atom. The molecule has 342 valence electrons. The number of fused-ring (bicyclic) bond motifs is 12. The number of hydrogen-bond donors (Lipinski definition) is 2. The van der Waals surface area contributed by atoms with Crippen LogP contribution >= 0.6 is 0 Å². The average molecular weight is 908 g/mol. The molecule has 10 aliphatic rings. The summed E-state index contributed by atoms with van der Waals surface area (Å²) in [6, 6.07) is 37.8. The molecular formula is C65H57N5. The van der Waals surface area contributed by atoms with Crippen molar-refractivity contribution in [2.75, 3.05) is 4.90 Å². The van der Waals surface area contributed by atoms with Crippen LogP contribution in [0.2, 0.25) is 0 Å². The van der Waals surface area contributed by atoms with Crippen molar-refractivity contribution in [3.8, 4) is 0 Å². The lowest BCUT2D eigenvalue weighted by molar-refractivity contribution is 0.116. The lowest BCUT2D eigenvalue weighted by Gasteiger charge is -2.46. The normalized spacial score (nSPS) is 32.8. The zero-order valence-corrected chi connectivity index (χ0v) is 39.3. The molecule has 5 aromatic carbocycles. The van der Waals surface area contributed by atoms with Crippen LogP contribution in [0.15, 0.2) is 228 Å². The van der Waals surface area contributed by atoms with E-state index in [-0.39, 0.29) is 24.3 Å². The summed E-state index contributed by atoms with van der Waals surface area (Å²) in [5.74, 6) is 3.54. The quantitative estimate of drug-likeness (QED) is 0.172. The third kappa shape index (κ3) is 6.40. The van der Waals surface area contributed by atoms with E-state index >= 15 is 0 Å². The summed E-state index contributed by atoms with van der Waals surface area (Å²) in [7, 11) is 0. The number of likely N-dealkylation sites (tertiary alicyclic amines) is 1. The molecule has 5 aromatic rings. The Kier molecular flexibility index (Phi) is 9.48. The Bertz CT molecular complexity index is 3400. The zero-order valence-electron chi connectivity index (χ0n) is 39.3. The van der Waals surface area contributed by atoms with Crippen molar-refractivity contribution in [2.45, 2.75) is 68.1 Å². The van der Waals surface area contributed by atoms with Crippen molar-refractivity contribution in [1.82, 2.24) is 15.5 Å². The van der Waals surface area contributed by atoms with E-state index in [4.69, 9.17) is 4.99 Å². The number of benzene rings is 5. The van der Waals surface area contributed by atoms with Gasteiger partial charge in [-0.2, -0.15) is 0 Å². The highest BCUT2D eigenvalue weighted by Crippen LogP contribution is 2.58. The maximum absolute atomic E-state index is 5.58. The van der Waals surface area contributed by atoms with E-state index in [1.54, 1.807) is 0 Å². The van der Waals surface area contributed by atoms with Crippen LogP contribution in [0.4, 0.5) is 5.69 Å². The first kappa shape index (κ1) is 40.8. The number of rotatable bonds is 5. The molecule has 0 saturated carbocycles. The predicted octanol–water partition coefficient (Wildman–Crippen LogP) is 13.4. The molecular weight excluding hydrogens is 851 g/mol. The Morgan fingerprint density at radius 3 is 2.46 bits per heavy atom. The number of aliphatic imine (C=N–C) groups is 1. The maximum atomic E-state index is 5.58. The molecule has 0 radical (unpaired) electrons. The van der Waals surface area contributed by atoms with E-state index in [1.165, 1.54) is 78.3 Å². The molecule has 1 saturated heterocycles. The maximum Gasteiger partial charge on any atom is 0.132 e. The Morgan fingerprint density at radius 2 is 1.49 bits per heavy atom. The van der Waals surface area contributed by atoms with Gasteiger partial charge in [-0.15, -0.1) is 0 Å². The highest BCUT2D eigenvalue weighted by Gasteiger charge is 2.54. The molecule has 0 aromatic heterocycles. The van der Waals surface area contributed by atoms with Gasteiger partial charge in [0.15, 0.2) is 0 Å². The number of para-hydroxylation sites is 1. The fraction of sp³-hybridized carbons (Fsp3) is 0.246. The van der Waals surface area contributed by atoms with Crippen LogP contribution in [0.25, 0.3) is 27.6 Å². The number of allylic oxidation sites excluding steroid dienone is 14. The first-order chi connectivity index (χ1) is 34.7. The molecule has 5 nitrogen and oxygen atoms in total. The van der Waals surface area contributed by atoms with Gasteiger partial charge in [0.2, 0.25) is 0 Å². The predicted molar refractivity (Wildman–Crippen MR) is 288 cm³/mol. The van der Waals surface area contributed by atoms with Gasteiger partial charge in [-0.1, -0.05) is 194 Å². The minimum atomic E-state index is -0.208. The smallest absolute Gasteiger partial charge is 0.132 e.